The van der Waals surface area contributed by atoms with Gasteiger partial charge in [0.2, 0.25) is 0 Å². The lowest BCUT2D eigenvalue weighted by Gasteiger charge is -2.33. The summed E-state index contributed by atoms with van der Waals surface area (Å²) in [5.41, 5.74) is 7.28. The molecule has 1 aliphatic rings. The van der Waals surface area contributed by atoms with E-state index in [4.69, 9.17) is 5.73 Å². The van der Waals surface area contributed by atoms with E-state index in [-0.39, 0.29) is 12.0 Å². The SMILES string of the molecule is Cc1ccnc(N(C(N)=O)c2cccc(-c3cnc(N(C)[C@H]4CC[C@@H](C(=O)O)CC4)s3)n2)c1. The van der Waals surface area contributed by atoms with Crippen LogP contribution in [0.1, 0.15) is 31.2 Å². The second-order valence-corrected chi connectivity index (χ2v) is 9.22. The second kappa shape index (κ2) is 9.53. The van der Waals surface area contributed by atoms with Crippen molar-refractivity contribution in [2.75, 3.05) is 16.8 Å². The highest BCUT2D eigenvalue weighted by Crippen LogP contribution is 2.35. The van der Waals surface area contributed by atoms with Gasteiger partial charge in [0.25, 0.3) is 0 Å². The van der Waals surface area contributed by atoms with E-state index < -0.39 is 12.0 Å². The molecule has 0 spiro atoms. The lowest BCUT2D eigenvalue weighted by Crippen LogP contribution is -2.36. The highest BCUT2D eigenvalue weighted by atomic mass is 32.1. The van der Waals surface area contributed by atoms with Crippen molar-refractivity contribution in [3.63, 3.8) is 0 Å². The van der Waals surface area contributed by atoms with Crippen LogP contribution in [0.15, 0.2) is 42.7 Å². The number of nitrogens with two attached hydrogens (primary N) is 1. The molecule has 33 heavy (non-hydrogen) atoms. The van der Waals surface area contributed by atoms with Crippen LogP contribution in [-0.2, 0) is 4.79 Å². The van der Waals surface area contributed by atoms with E-state index in [9.17, 15) is 14.7 Å². The first-order valence-corrected chi connectivity index (χ1v) is 11.6. The summed E-state index contributed by atoms with van der Waals surface area (Å²) in [6.07, 6.45) is 6.41. The highest BCUT2D eigenvalue weighted by molar-refractivity contribution is 7.18. The summed E-state index contributed by atoms with van der Waals surface area (Å²) in [5, 5.41) is 10.1. The number of pyridine rings is 2. The number of carbonyl (C=O) groups excluding carboxylic acids is 1. The van der Waals surface area contributed by atoms with Crippen molar-refractivity contribution in [2.24, 2.45) is 11.7 Å². The van der Waals surface area contributed by atoms with Crippen molar-refractivity contribution in [2.45, 2.75) is 38.6 Å². The van der Waals surface area contributed by atoms with Crippen LogP contribution in [0.4, 0.5) is 21.6 Å². The van der Waals surface area contributed by atoms with Gasteiger partial charge in [0, 0.05) is 25.5 Å². The number of thiazole rings is 1. The number of aromatic nitrogens is 3. The van der Waals surface area contributed by atoms with Crippen molar-refractivity contribution in [1.82, 2.24) is 15.0 Å². The molecule has 0 aromatic carbocycles. The first-order chi connectivity index (χ1) is 15.8. The Kier molecular flexibility index (Phi) is 6.55. The molecule has 3 N–H and O–H groups in total. The minimum absolute atomic E-state index is 0.246. The normalized spacial score (nSPS) is 18.0. The fraction of sp³-hybridized carbons (Fsp3) is 0.348. The molecule has 2 amide bonds. The summed E-state index contributed by atoms with van der Waals surface area (Å²) >= 11 is 1.51. The predicted octanol–water partition coefficient (Wildman–Crippen LogP) is 4.20. The van der Waals surface area contributed by atoms with Gasteiger partial charge in [0.1, 0.15) is 11.6 Å². The number of primary amides is 1. The van der Waals surface area contributed by atoms with Gasteiger partial charge < -0.3 is 15.7 Å². The number of carboxylic acids is 1. The monoisotopic (exact) mass is 466 g/mol. The zero-order valence-electron chi connectivity index (χ0n) is 18.5. The van der Waals surface area contributed by atoms with Gasteiger partial charge in [-0.25, -0.2) is 24.6 Å². The number of hydrogen-bond acceptors (Lipinski definition) is 7. The average Bonchev–Trinajstić information content (AvgIpc) is 3.29. The fourth-order valence-electron chi connectivity index (χ4n) is 4.08. The fourth-order valence-corrected chi connectivity index (χ4v) is 5.00. The van der Waals surface area contributed by atoms with Crippen LogP contribution in [0.2, 0.25) is 0 Å². The Hall–Kier alpha value is -3.53. The Morgan fingerprint density at radius 1 is 1.12 bits per heavy atom. The van der Waals surface area contributed by atoms with Gasteiger partial charge in [-0.3, -0.25) is 4.79 Å². The molecule has 0 aliphatic heterocycles. The Balaban J connectivity index is 1.55. The summed E-state index contributed by atoms with van der Waals surface area (Å²) in [4.78, 5) is 41.2. The topological polar surface area (TPSA) is 126 Å². The molecular weight excluding hydrogens is 440 g/mol. The molecule has 172 valence electrons. The summed E-state index contributed by atoms with van der Waals surface area (Å²) < 4.78 is 0. The van der Waals surface area contributed by atoms with Crippen molar-refractivity contribution in [3.05, 3.63) is 48.3 Å². The largest absolute Gasteiger partial charge is 0.481 e. The van der Waals surface area contributed by atoms with E-state index in [0.717, 1.165) is 28.4 Å². The number of aliphatic carboxylic acids is 1. The predicted molar refractivity (Wildman–Crippen MR) is 128 cm³/mol. The second-order valence-electron chi connectivity index (χ2n) is 8.21. The molecule has 0 bridgehead atoms. The smallest absolute Gasteiger partial charge is 0.326 e. The Morgan fingerprint density at radius 2 is 1.88 bits per heavy atom. The van der Waals surface area contributed by atoms with Crippen LogP contribution in [0.5, 0.6) is 0 Å². The number of carboxylic acid groups (broad SMARTS) is 1. The number of rotatable bonds is 6. The van der Waals surface area contributed by atoms with E-state index in [1.54, 1.807) is 24.5 Å². The molecule has 3 aromatic rings. The number of aryl methyl sites for hydroxylation is 1. The minimum Gasteiger partial charge on any atom is -0.481 e. The van der Waals surface area contributed by atoms with Crippen LogP contribution in [0.25, 0.3) is 10.6 Å². The summed E-state index contributed by atoms with van der Waals surface area (Å²) in [6.45, 7) is 1.91. The van der Waals surface area contributed by atoms with E-state index >= 15 is 0 Å². The Morgan fingerprint density at radius 3 is 2.55 bits per heavy atom. The molecule has 0 atom stereocenters. The van der Waals surface area contributed by atoms with Crippen LogP contribution < -0.4 is 15.5 Å². The number of amides is 2. The molecule has 3 aromatic heterocycles. The molecular formula is C23H26N6O3S. The summed E-state index contributed by atoms with van der Waals surface area (Å²) in [7, 11) is 2.00. The van der Waals surface area contributed by atoms with Crippen LogP contribution in [0.3, 0.4) is 0 Å². The van der Waals surface area contributed by atoms with Gasteiger partial charge in [-0.15, -0.1) is 0 Å². The Bertz CT molecular complexity index is 1160. The van der Waals surface area contributed by atoms with E-state index in [1.165, 1.54) is 16.2 Å². The van der Waals surface area contributed by atoms with Crippen LogP contribution in [-0.4, -0.2) is 45.1 Å². The standard InChI is InChI=1S/C23H26N6O3S/c1-14-10-11-25-20(12-14)29(22(24)32)19-5-3-4-17(27-19)18-13-26-23(33-18)28(2)16-8-6-15(7-9-16)21(30)31/h3-5,10-13,15-16H,6-9H2,1-2H3,(H2,24,32)(H,30,31)/t15-,16+. The lowest BCUT2D eigenvalue weighted by molar-refractivity contribution is -0.142. The van der Waals surface area contributed by atoms with Crippen molar-refractivity contribution in [3.8, 4) is 10.6 Å². The van der Waals surface area contributed by atoms with Crippen molar-refractivity contribution < 1.29 is 14.7 Å². The molecule has 0 saturated heterocycles. The molecule has 9 nitrogen and oxygen atoms in total. The maximum absolute atomic E-state index is 12.2. The molecule has 0 unspecified atom stereocenters. The quantitative estimate of drug-likeness (QED) is 0.557. The molecule has 1 aliphatic carbocycles. The van der Waals surface area contributed by atoms with E-state index in [2.05, 4.69) is 19.9 Å². The van der Waals surface area contributed by atoms with Crippen LogP contribution in [0, 0.1) is 12.8 Å². The maximum Gasteiger partial charge on any atom is 0.326 e. The summed E-state index contributed by atoms with van der Waals surface area (Å²) in [5.74, 6) is -0.156. The summed E-state index contributed by atoms with van der Waals surface area (Å²) in [6, 6.07) is 8.61. The molecule has 4 rings (SSSR count). The number of anilines is 3. The first-order valence-electron chi connectivity index (χ1n) is 10.7. The van der Waals surface area contributed by atoms with Gasteiger partial charge in [0.05, 0.1) is 16.5 Å². The van der Waals surface area contributed by atoms with E-state index in [0.29, 0.717) is 30.2 Å². The van der Waals surface area contributed by atoms with Crippen molar-refractivity contribution in [1.29, 1.82) is 0 Å². The molecule has 1 fully saturated rings. The number of urea groups is 1. The van der Waals surface area contributed by atoms with Gasteiger partial charge in [-0.2, -0.15) is 0 Å². The molecule has 1 saturated carbocycles. The number of hydrogen-bond donors (Lipinski definition) is 2. The van der Waals surface area contributed by atoms with Gasteiger partial charge >= 0.3 is 12.0 Å². The van der Waals surface area contributed by atoms with Gasteiger partial charge in [-0.1, -0.05) is 17.4 Å². The Labute approximate surface area is 195 Å². The third-order valence-corrected chi connectivity index (χ3v) is 7.07. The minimum atomic E-state index is -0.704. The zero-order chi connectivity index (χ0) is 23.5. The third kappa shape index (κ3) is 4.95. The van der Waals surface area contributed by atoms with Crippen LogP contribution >= 0.6 is 11.3 Å². The maximum atomic E-state index is 12.2. The average molecular weight is 467 g/mol. The highest BCUT2D eigenvalue weighted by Gasteiger charge is 2.29. The zero-order valence-corrected chi connectivity index (χ0v) is 19.3. The van der Waals surface area contributed by atoms with Crippen molar-refractivity contribution >= 4 is 40.1 Å². The molecule has 3 heterocycles. The number of nitrogens with zero attached hydrogens (tertiary/aromatic N) is 5. The van der Waals surface area contributed by atoms with Gasteiger partial charge in [-0.05, 0) is 62.4 Å². The molecule has 10 heteroatoms. The first kappa shape index (κ1) is 22.7. The molecule has 0 radical (unpaired) electrons. The van der Waals surface area contributed by atoms with Gasteiger partial charge in [0.15, 0.2) is 5.13 Å². The number of carbonyl (C=O) groups is 2. The third-order valence-electron chi connectivity index (χ3n) is 5.96. The van der Waals surface area contributed by atoms with E-state index in [1.807, 2.05) is 32.2 Å². The lowest BCUT2D eigenvalue weighted by atomic mass is 9.86.